The van der Waals surface area contributed by atoms with Crippen LogP contribution >= 0.6 is 0 Å². The van der Waals surface area contributed by atoms with Crippen LogP contribution in [-0.2, 0) is 0 Å². The lowest BCUT2D eigenvalue weighted by atomic mass is 10.1. The summed E-state index contributed by atoms with van der Waals surface area (Å²) < 4.78 is 13.9. The van der Waals surface area contributed by atoms with Gasteiger partial charge in [0.05, 0.1) is 49.9 Å². The molecule has 1 saturated heterocycles. The topological polar surface area (TPSA) is 60.6 Å². The van der Waals surface area contributed by atoms with Crippen molar-refractivity contribution < 1.29 is 14.1 Å². The van der Waals surface area contributed by atoms with Gasteiger partial charge in [0.1, 0.15) is 5.82 Å². The monoisotopic (exact) mass is 353 g/mol. The summed E-state index contributed by atoms with van der Waals surface area (Å²) in [7, 11) is 0. The molecule has 3 rings (SSSR count). The molecule has 0 unspecified atom stereocenters. The van der Waals surface area contributed by atoms with Crippen molar-refractivity contribution in [1.82, 2.24) is 0 Å². The molecule has 1 amide bonds. The van der Waals surface area contributed by atoms with E-state index in [-0.39, 0.29) is 11.1 Å². The Labute approximate surface area is 152 Å². The van der Waals surface area contributed by atoms with Gasteiger partial charge < -0.3 is 15.1 Å². The normalized spacial score (nSPS) is 14.7. The van der Waals surface area contributed by atoms with Crippen molar-refractivity contribution in [2.24, 2.45) is 0 Å². The molecule has 0 aromatic heterocycles. The van der Waals surface area contributed by atoms with Gasteiger partial charge in [-0.05, 0) is 49.4 Å². The minimum absolute atomic E-state index is 0.0771. The molecule has 1 aliphatic rings. The zero-order chi connectivity index (χ0) is 18.5. The number of halogens is 1. The number of quaternary nitrogens is 1. The van der Waals surface area contributed by atoms with Gasteiger partial charge in [-0.25, -0.2) is 4.39 Å². The number of carbonyl (C=O) groups excluding carboxylic acids is 1. The quantitative estimate of drug-likeness (QED) is 0.879. The zero-order valence-electron chi connectivity index (χ0n) is 14.8. The molecule has 2 N–H and O–H groups in total. The molecule has 5 nitrogen and oxygen atoms in total. The fourth-order valence-electron chi connectivity index (χ4n) is 3.16. The third-order valence-electron chi connectivity index (χ3n) is 4.80. The summed E-state index contributed by atoms with van der Waals surface area (Å²) in [6, 6.07) is 13.3. The van der Waals surface area contributed by atoms with Crippen LogP contribution in [0.5, 0.6) is 0 Å². The van der Waals surface area contributed by atoms with Crippen molar-refractivity contribution in [3.05, 3.63) is 59.4 Å². The Morgan fingerprint density at radius 1 is 1.23 bits per heavy atom. The van der Waals surface area contributed by atoms with Crippen LogP contribution in [0.4, 0.5) is 15.8 Å². The Bertz CT molecular complexity index is 821. The molecule has 1 aliphatic heterocycles. The highest BCUT2D eigenvalue weighted by Crippen LogP contribution is 2.19. The van der Waals surface area contributed by atoms with Crippen molar-refractivity contribution in [2.45, 2.75) is 6.92 Å². The SMILES string of the molecule is CC[NH+]1CCN(c2ccc(NC(=O)c3ccc(C#N)cc3F)cc2)CC1. The molecule has 0 bridgehead atoms. The maximum absolute atomic E-state index is 13.9. The van der Waals surface area contributed by atoms with Gasteiger partial charge in [-0.2, -0.15) is 5.26 Å². The number of benzene rings is 2. The van der Waals surface area contributed by atoms with E-state index in [2.05, 4.69) is 17.1 Å². The van der Waals surface area contributed by atoms with E-state index in [4.69, 9.17) is 5.26 Å². The first-order valence-corrected chi connectivity index (χ1v) is 8.80. The highest BCUT2D eigenvalue weighted by atomic mass is 19.1. The molecule has 2 aromatic carbocycles. The van der Waals surface area contributed by atoms with E-state index in [1.807, 2.05) is 30.3 Å². The van der Waals surface area contributed by atoms with E-state index in [1.54, 1.807) is 4.90 Å². The van der Waals surface area contributed by atoms with E-state index in [9.17, 15) is 9.18 Å². The summed E-state index contributed by atoms with van der Waals surface area (Å²) in [5, 5.41) is 11.5. The Hall–Kier alpha value is -2.91. The van der Waals surface area contributed by atoms with Gasteiger partial charge in [-0.3, -0.25) is 4.79 Å². The van der Waals surface area contributed by atoms with Crippen molar-refractivity contribution in [3.63, 3.8) is 0 Å². The smallest absolute Gasteiger partial charge is 0.258 e. The second-order valence-electron chi connectivity index (χ2n) is 6.40. The van der Waals surface area contributed by atoms with Crippen molar-refractivity contribution in [1.29, 1.82) is 5.26 Å². The average Bonchev–Trinajstić information content (AvgIpc) is 2.68. The molecular weight excluding hydrogens is 331 g/mol. The lowest BCUT2D eigenvalue weighted by Gasteiger charge is -2.33. The maximum atomic E-state index is 13.9. The van der Waals surface area contributed by atoms with Crippen LogP contribution in [0.3, 0.4) is 0 Å². The number of rotatable bonds is 4. The van der Waals surface area contributed by atoms with Crippen LogP contribution in [0.2, 0.25) is 0 Å². The fraction of sp³-hybridized carbons (Fsp3) is 0.300. The standard InChI is InChI=1S/C20H21FN4O/c1-2-24-9-11-25(12-10-24)17-6-4-16(5-7-17)23-20(26)18-8-3-15(14-22)13-19(18)21/h3-8,13H,2,9-12H2,1H3,(H,23,26)/p+1. The molecule has 134 valence electrons. The molecule has 0 spiro atoms. The van der Waals surface area contributed by atoms with Crippen LogP contribution < -0.4 is 15.1 Å². The van der Waals surface area contributed by atoms with E-state index in [1.165, 1.54) is 12.1 Å². The summed E-state index contributed by atoms with van der Waals surface area (Å²) in [6.45, 7) is 7.67. The van der Waals surface area contributed by atoms with Crippen LogP contribution in [0.15, 0.2) is 42.5 Å². The van der Waals surface area contributed by atoms with Crippen molar-refractivity contribution in [3.8, 4) is 6.07 Å². The fourth-order valence-corrected chi connectivity index (χ4v) is 3.16. The minimum atomic E-state index is -0.700. The predicted molar refractivity (Wildman–Crippen MR) is 99.0 cm³/mol. The number of nitrogens with zero attached hydrogens (tertiary/aromatic N) is 2. The Balaban J connectivity index is 1.64. The molecule has 6 heteroatoms. The Kier molecular flexibility index (Phi) is 5.49. The number of hydrogen-bond acceptors (Lipinski definition) is 3. The summed E-state index contributed by atoms with van der Waals surface area (Å²) in [5.41, 5.74) is 1.85. The Morgan fingerprint density at radius 3 is 2.50 bits per heavy atom. The van der Waals surface area contributed by atoms with Gasteiger partial charge in [-0.15, -0.1) is 0 Å². The van der Waals surface area contributed by atoms with Gasteiger partial charge >= 0.3 is 0 Å². The number of nitriles is 1. The first-order chi connectivity index (χ1) is 12.6. The molecule has 1 fully saturated rings. The number of nitrogens with one attached hydrogen (secondary N) is 2. The van der Waals surface area contributed by atoms with E-state index < -0.39 is 11.7 Å². The van der Waals surface area contributed by atoms with Crippen LogP contribution in [0.1, 0.15) is 22.8 Å². The number of piperazine rings is 1. The molecule has 0 radical (unpaired) electrons. The van der Waals surface area contributed by atoms with Gasteiger partial charge in [0.15, 0.2) is 0 Å². The molecular formula is C20H22FN4O+. The summed E-state index contributed by atoms with van der Waals surface area (Å²) in [6.07, 6.45) is 0. The van der Waals surface area contributed by atoms with Gasteiger partial charge in [0.2, 0.25) is 0 Å². The van der Waals surface area contributed by atoms with E-state index in [0.717, 1.165) is 44.5 Å². The Morgan fingerprint density at radius 2 is 1.92 bits per heavy atom. The number of anilines is 2. The number of carbonyl (C=O) groups is 1. The molecule has 26 heavy (non-hydrogen) atoms. The number of amides is 1. The molecule has 0 aliphatic carbocycles. The molecule has 0 atom stereocenters. The highest BCUT2D eigenvalue weighted by molar-refractivity contribution is 6.04. The van der Waals surface area contributed by atoms with Crippen molar-refractivity contribution in [2.75, 3.05) is 42.9 Å². The van der Waals surface area contributed by atoms with E-state index >= 15 is 0 Å². The summed E-state index contributed by atoms with van der Waals surface area (Å²) in [5.74, 6) is -1.23. The first-order valence-electron chi connectivity index (χ1n) is 8.80. The maximum Gasteiger partial charge on any atom is 0.258 e. The largest absolute Gasteiger partial charge is 0.360 e. The van der Waals surface area contributed by atoms with Gasteiger partial charge in [-0.1, -0.05) is 0 Å². The lowest BCUT2D eigenvalue weighted by molar-refractivity contribution is -0.898. The predicted octanol–water partition coefficient (Wildman–Crippen LogP) is 1.67. The second-order valence-corrected chi connectivity index (χ2v) is 6.40. The third-order valence-corrected chi connectivity index (χ3v) is 4.80. The summed E-state index contributed by atoms with van der Waals surface area (Å²) >= 11 is 0. The minimum Gasteiger partial charge on any atom is -0.360 e. The first kappa shape index (κ1) is 17.9. The van der Waals surface area contributed by atoms with E-state index in [0.29, 0.717) is 5.69 Å². The van der Waals surface area contributed by atoms with Gasteiger partial charge in [0, 0.05) is 11.4 Å². The molecule has 1 heterocycles. The number of likely N-dealkylation sites (N-methyl/N-ethyl adjacent to an activating group) is 1. The molecule has 0 saturated carbocycles. The number of hydrogen-bond donors (Lipinski definition) is 2. The summed E-state index contributed by atoms with van der Waals surface area (Å²) in [4.78, 5) is 16.2. The third kappa shape index (κ3) is 4.01. The lowest BCUT2D eigenvalue weighted by Crippen LogP contribution is -3.14. The second kappa shape index (κ2) is 7.98. The zero-order valence-corrected chi connectivity index (χ0v) is 14.8. The van der Waals surface area contributed by atoms with Crippen LogP contribution in [-0.4, -0.2) is 38.6 Å². The van der Waals surface area contributed by atoms with Crippen molar-refractivity contribution >= 4 is 17.3 Å². The molecule has 2 aromatic rings. The highest BCUT2D eigenvalue weighted by Gasteiger charge is 2.18. The van der Waals surface area contributed by atoms with Gasteiger partial charge in [0.25, 0.3) is 5.91 Å². The van der Waals surface area contributed by atoms with Crippen LogP contribution in [0.25, 0.3) is 0 Å². The average molecular weight is 353 g/mol. The van der Waals surface area contributed by atoms with Crippen LogP contribution in [0, 0.1) is 17.1 Å².